The van der Waals surface area contributed by atoms with E-state index >= 15 is 0 Å². The molecule has 4 nitrogen and oxygen atoms in total. The van der Waals surface area contributed by atoms with E-state index in [1.807, 2.05) is 12.1 Å². The van der Waals surface area contributed by atoms with E-state index in [4.69, 9.17) is 5.73 Å². The zero-order valence-corrected chi connectivity index (χ0v) is 5.94. The first kappa shape index (κ1) is 6.30. The minimum Gasteiger partial charge on any atom is -0.325 e. The van der Waals surface area contributed by atoms with Gasteiger partial charge in [-0.05, 0) is 12.1 Å². The summed E-state index contributed by atoms with van der Waals surface area (Å²) in [7, 11) is 0. The van der Waals surface area contributed by atoms with Crippen molar-refractivity contribution in [2.75, 3.05) is 0 Å². The summed E-state index contributed by atoms with van der Waals surface area (Å²) in [5, 5.41) is 4.04. The van der Waals surface area contributed by atoms with E-state index in [1.54, 1.807) is 10.7 Å². The Morgan fingerprint density at radius 1 is 1.45 bits per heavy atom. The number of rotatable bonds is 1. The molecule has 0 unspecified atom stereocenters. The van der Waals surface area contributed by atoms with Gasteiger partial charge >= 0.3 is 0 Å². The van der Waals surface area contributed by atoms with Gasteiger partial charge in [0.25, 0.3) is 0 Å². The molecule has 0 saturated heterocycles. The fraction of sp³-hybridized carbons (Fsp3) is 0.143. The quantitative estimate of drug-likeness (QED) is 0.628. The van der Waals surface area contributed by atoms with Crippen molar-refractivity contribution in [3.05, 3.63) is 30.4 Å². The van der Waals surface area contributed by atoms with Crippen LogP contribution in [0.1, 0.15) is 5.69 Å². The highest BCUT2D eigenvalue weighted by atomic mass is 15.2. The molecule has 0 spiro atoms. The Balaban J connectivity index is 2.76. The summed E-state index contributed by atoms with van der Waals surface area (Å²) >= 11 is 0. The SMILES string of the molecule is NCc1ccc2cncnn12. The van der Waals surface area contributed by atoms with Crippen molar-refractivity contribution in [1.82, 2.24) is 14.6 Å². The third kappa shape index (κ3) is 0.877. The maximum Gasteiger partial charge on any atom is 0.136 e. The minimum atomic E-state index is 0.505. The van der Waals surface area contributed by atoms with Crippen molar-refractivity contribution in [3.63, 3.8) is 0 Å². The Morgan fingerprint density at radius 2 is 2.36 bits per heavy atom. The molecule has 0 fully saturated rings. The van der Waals surface area contributed by atoms with Crippen LogP contribution in [0.25, 0.3) is 5.52 Å². The zero-order chi connectivity index (χ0) is 7.68. The van der Waals surface area contributed by atoms with E-state index in [0.717, 1.165) is 11.2 Å². The van der Waals surface area contributed by atoms with Crippen LogP contribution in [-0.2, 0) is 6.54 Å². The van der Waals surface area contributed by atoms with Crippen LogP contribution < -0.4 is 5.73 Å². The first-order valence-electron chi connectivity index (χ1n) is 3.38. The van der Waals surface area contributed by atoms with E-state index in [2.05, 4.69) is 10.1 Å². The number of hydrogen-bond donors (Lipinski definition) is 1. The average molecular weight is 148 g/mol. The van der Waals surface area contributed by atoms with Crippen molar-refractivity contribution in [2.24, 2.45) is 5.73 Å². The van der Waals surface area contributed by atoms with Crippen molar-refractivity contribution >= 4 is 5.52 Å². The average Bonchev–Trinajstić information content (AvgIpc) is 2.47. The molecule has 0 radical (unpaired) electrons. The normalized spacial score (nSPS) is 10.6. The van der Waals surface area contributed by atoms with Crippen LogP contribution in [0.5, 0.6) is 0 Å². The van der Waals surface area contributed by atoms with Gasteiger partial charge in [0.1, 0.15) is 6.33 Å². The van der Waals surface area contributed by atoms with E-state index < -0.39 is 0 Å². The fourth-order valence-corrected chi connectivity index (χ4v) is 1.07. The molecule has 2 aromatic heterocycles. The highest BCUT2D eigenvalue weighted by Crippen LogP contribution is 2.04. The molecular weight excluding hydrogens is 140 g/mol. The highest BCUT2D eigenvalue weighted by molar-refractivity contribution is 5.45. The Morgan fingerprint density at radius 3 is 3.18 bits per heavy atom. The Bertz CT molecular complexity index is 365. The second kappa shape index (κ2) is 2.32. The lowest BCUT2D eigenvalue weighted by Crippen LogP contribution is -2.02. The van der Waals surface area contributed by atoms with Gasteiger partial charge < -0.3 is 5.73 Å². The molecule has 11 heavy (non-hydrogen) atoms. The first-order valence-corrected chi connectivity index (χ1v) is 3.38. The molecule has 4 heteroatoms. The first-order chi connectivity index (χ1) is 5.42. The maximum atomic E-state index is 5.48. The van der Waals surface area contributed by atoms with Gasteiger partial charge in [-0.3, -0.25) is 0 Å². The van der Waals surface area contributed by atoms with Gasteiger partial charge in [-0.1, -0.05) is 0 Å². The van der Waals surface area contributed by atoms with Crippen LogP contribution in [0.2, 0.25) is 0 Å². The molecule has 0 atom stereocenters. The molecule has 2 heterocycles. The molecule has 0 aromatic carbocycles. The van der Waals surface area contributed by atoms with Crippen molar-refractivity contribution in [1.29, 1.82) is 0 Å². The smallest absolute Gasteiger partial charge is 0.136 e. The molecule has 0 aliphatic carbocycles. The molecule has 2 rings (SSSR count). The molecule has 0 aliphatic rings. The molecule has 0 amide bonds. The van der Waals surface area contributed by atoms with Gasteiger partial charge in [-0.2, -0.15) is 5.10 Å². The van der Waals surface area contributed by atoms with E-state index in [0.29, 0.717) is 6.54 Å². The molecule has 0 bridgehead atoms. The number of fused-ring (bicyclic) bond motifs is 1. The summed E-state index contributed by atoms with van der Waals surface area (Å²) in [5.41, 5.74) is 7.46. The topological polar surface area (TPSA) is 56.2 Å². The van der Waals surface area contributed by atoms with Crippen LogP contribution in [0.3, 0.4) is 0 Å². The second-order valence-corrected chi connectivity index (χ2v) is 2.27. The van der Waals surface area contributed by atoms with Gasteiger partial charge in [0.15, 0.2) is 0 Å². The van der Waals surface area contributed by atoms with Gasteiger partial charge in [-0.25, -0.2) is 9.50 Å². The minimum absolute atomic E-state index is 0.505. The van der Waals surface area contributed by atoms with Crippen molar-refractivity contribution < 1.29 is 0 Å². The van der Waals surface area contributed by atoms with Crippen molar-refractivity contribution in [2.45, 2.75) is 6.54 Å². The zero-order valence-electron chi connectivity index (χ0n) is 5.94. The van der Waals surface area contributed by atoms with Gasteiger partial charge in [-0.15, -0.1) is 0 Å². The Labute approximate surface area is 63.7 Å². The van der Waals surface area contributed by atoms with E-state index in [-0.39, 0.29) is 0 Å². The molecular formula is C7H8N4. The maximum absolute atomic E-state index is 5.48. The Kier molecular flexibility index (Phi) is 1.33. The van der Waals surface area contributed by atoms with Gasteiger partial charge in [0.05, 0.1) is 17.4 Å². The monoisotopic (exact) mass is 148 g/mol. The third-order valence-corrected chi connectivity index (χ3v) is 1.61. The number of nitrogens with zero attached hydrogens (tertiary/aromatic N) is 3. The lowest BCUT2D eigenvalue weighted by molar-refractivity contribution is 0.826. The fourth-order valence-electron chi connectivity index (χ4n) is 1.07. The Hall–Kier alpha value is -1.42. The van der Waals surface area contributed by atoms with E-state index in [9.17, 15) is 0 Å². The summed E-state index contributed by atoms with van der Waals surface area (Å²) in [5.74, 6) is 0. The predicted octanol–water partition coefficient (Wildman–Crippen LogP) is 0.188. The van der Waals surface area contributed by atoms with Crippen LogP contribution >= 0.6 is 0 Å². The third-order valence-electron chi connectivity index (χ3n) is 1.61. The second-order valence-electron chi connectivity index (χ2n) is 2.27. The predicted molar refractivity (Wildman–Crippen MR) is 40.9 cm³/mol. The van der Waals surface area contributed by atoms with Crippen LogP contribution in [-0.4, -0.2) is 14.6 Å². The standard InChI is InChI=1S/C7H8N4/c8-3-6-1-2-7-4-9-5-10-11(6)7/h1-2,4-5H,3,8H2. The highest BCUT2D eigenvalue weighted by Gasteiger charge is 1.97. The molecule has 2 aromatic rings. The largest absolute Gasteiger partial charge is 0.325 e. The summed E-state index contributed by atoms with van der Waals surface area (Å²) in [6.07, 6.45) is 3.26. The van der Waals surface area contributed by atoms with E-state index in [1.165, 1.54) is 6.33 Å². The van der Waals surface area contributed by atoms with Gasteiger partial charge in [0, 0.05) is 6.54 Å². The van der Waals surface area contributed by atoms with Crippen LogP contribution in [0.4, 0.5) is 0 Å². The molecule has 56 valence electrons. The lowest BCUT2D eigenvalue weighted by Gasteiger charge is -1.95. The van der Waals surface area contributed by atoms with Gasteiger partial charge in [0.2, 0.25) is 0 Å². The summed E-state index contributed by atoms with van der Waals surface area (Å²) < 4.78 is 1.78. The molecule has 0 saturated carbocycles. The molecule has 2 N–H and O–H groups in total. The van der Waals surface area contributed by atoms with Crippen LogP contribution in [0, 0.1) is 0 Å². The molecule has 0 aliphatic heterocycles. The number of hydrogen-bond acceptors (Lipinski definition) is 3. The van der Waals surface area contributed by atoms with Crippen molar-refractivity contribution in [3.8, 4) is 0 Å². The lowest BCUT2D eigenvalue weighted by atomic mass is 10.4. The summed E-state index contributed by atoms with van der Waals surface area (Å²) in [4.78, 5) is 3.89. The summed E-state index contributed by atoms with van der Waals surface area (Å²) in [6, 6.07) is 3.90. The summed E-state index contributed by atoms with van der Waals surface area (Å²) in [6.45, 7) is 0.505. The number of nitrogens with two attached hydrogens (primary N) is 1. The number of aromatic nitrogens is 3. The van der Waals surface area contributed by atoms with Crippen LogP contribution in [0.15, 0.2) is 24.7 Å².